The Kier molecular flexibility index (Phi) is 3.27. The van der Waals surface area contributed by atoms with Gasteiger partial charge < -0.3 is 15.5 Å². The van der Waals surface area contributed by atoms with Crippen LogP contribution in [0.5, 0.6) is 0 Å². The van der Waals surface area contributed by atoms with Crippen LogP contribution in [-0.2, 0) is 6.54 Å². The highest BCUT2D eigenvalue weighted by Gasteiger charge is 2.07. The number of nitrogen functional groups attached to an aromatic ring is 1. The van der Waals surface area contributed by atoms with E-state index in [1.165, 1.54) is 0 Å². The second-order valence-corrected chi connectivity index (χ2v) is 4.11. The van der Waals surface area contributed by atoms with Crippen LogP contribution < -0.4 is 11.1 Å². The molecule has 84 valence electrons. The van der Waals surface area contributed by atoms with Crippen molar-refractivity contribution < 1.29 is 4.42 Å². The van der Waals surface area contributed by atoms with Gasteiger partial charge in [-0.1, -0.05) is 23.2 Å². The van der Waals surface area contributed by atoms with Gasteiger partial charge in [0.05, 0.1) is 28.5 Å². The molecule has 0 spiro atoms. The van der Waals surface area contributed by atoms with Gasteiger partial charge in [-0.3, -0.25) is 0 Å². The summed E-state index contributed by atoms with van der Waals surface area (Å²) >= 11 is 12.0. The van der Waals surface area contributed by atoms with Crippen LogP contribution in [0.1, 0.15) is 5.76 Å². The van der Waals surface area contributed by atoms with E-state index in [0.717, 1.165) is 5.76 Å². The highest BCUT2D eigenvalue weighted by atomic mass is 35.5. The number of benzene rings is 1. The van der Waals surface area contributed by atoms with Gasteiger partial charge >= 0.3 is 0 Å². The van der Waals surface area contributed by atoms with Crippen molar-refractivity contribution >= 4 is 34.6 Å². The summed E-state index contributed by atoms with van der Waals surface area (Å²) in [6, 6.07) is 6.99. The maximum absolute atomic E-state index is 6.02. The summed E-state index contributed by atoms with van der Waals surface area (Å²) in [5.41, 5.74) is 6.81. The second kappa shape index (κ2) is 4.68. The Morgan fingerprint density at radius 3 is 2.50 bits per heavy atom. The van der Waals surface area contributed by atoms with Crippen LogP contribution in [-0.4, -0.2) is 0 Å². The Hall–Kier alpha value is -1.32. The van der Waals surface area contributed by atoms with E-state index in [1.807, 2.05) is 12.1 Å². The lowest BCUT2D eigenvalue weighted by Crippen LogP contribution is -2.00. The third kappa shape index (κ3) is 2.43. The van der Waals surface area contributed by atoms with E-state index in [-0.39, 0.29) is 0 Å². The number of furan rings is 1. The first kappa shape index (κ1) is 11.2. The fourth-order valence-electron chi connectivity index (χ4n) is 1.35. The maximum atomic E-state index is 6.02. The Morgan fingerprint density at radius 2 is 1.94 bits per heavy atom. The number of hydrogen-bond donors (Lipinski definition) is 2. The average Bonchev–Trinajstić information content (AvgIpc) is 2.68. The molecule has 0 aliphatic carbocycles. The molecule has 0 unspecified atom stereocenters. The quantitative estimate of drug-likeness (QED) is 0.822. The molecule has 0 fully saturated rings. The highest BCUT2D eigenvalue weighted by Crippen LogP contribution is 2.33. The zero-order valence-electron chi connectivity index (χ0n) is 8.34. The van der Waals surface area contributed by atoms with Crippen molar-refractivity contribution in [3.8, 4) is 0 Å². The van der Waals surface area contributed by atoms with Crippen molar-refractivity contribution in [2.75, 3.05) is 11.1 Å². The molecule has 16 heavy (non-hydrogen) atoms. The molecule has 3 N–H and O–H groups in total. The van der Waals surface area contributed by atoms with Gasteiger partial charge in [-0.2, -0.15) is 0 Å². The first-order chi connectivity index (χ1) is 7.66. The molecule has 0 saturated heterocycles. The van der Waals surface area contributed by atoms with Gasteiger partial charge in [-0.05, 0) is 24.3 Å². The van der Waals surface area contributed by atoms with Crippen LogP contribution in [0.15, 0.2) is 34.9 Å². The first-order valence-electron chi connectivity index (χ1n) is 4.67. The minimum atomic E-state index is 0.497. The van der Waals surface area contributed by atoms with E-state index < -0.39 is 0 Å². The van der Waals surface area contributed by atoms with Crippen LogP contribution in [0, 0.1) is 0 Å². The molecule has 3 nitrogen and oxygen atoms in total. The molecule has 0 atom stereocenters. The molecule has 0 aliphatic rings. The van der Waals surface area contributed by atoms with Gasteiger partial charge in [0.2, 0.25) is 0 Å². The molecule has 2 rings (SSSR count). The second-order valence-electron chi connectivity index (χ2n) is 3.29. The van der Waals surface area contributed by atoms with Crippen LogP contribution in [0.3, 0.4) is 0 Å². The molecule has 0 saturated carbocycles. The molecule has 5 heteroatoms. The fraction of sp³-hybridized carbons (Fsp3) is 0.0909. The Balaban J connectivity index is 2.15. The summed E-state index contributed by atoms with van der Waals surface area (Å²) in [6.45, 7) is 0.524. The number of rotatable bonds is 3. The number of nitrogens with one attached hydrogen (secondary N) is 1. The molecule has 0 aliphatic heterocycles. The van der Waals surface area contributed by atoms with Crippen molar-refractivity contribution in [1.82, 2.24) is 0 Å². The largest absolute Gasteiger partial charge is 0.467 e. The minimum Gasteiger partial charge on any atom is -0.467 e. The zero-order valence-corrected chi connectivity index (χ0v) is 9.85. The smallest absolute Gasteiger partial charge is 0.122 e. The molecule has 0 amide bonds. The van der Waals surface area contributed by atoms with Gasteiger partial charge in [0.15, 0.2) is 0 Å². The van der Waals surface area contributed by atoms with Gasteiger partial charge in [-0.15, -0.1) is 0 Å². The summed E-state index contributed by atoms with van der Waals surface area (Å²) in [5.74, 6) is 0.809. The van der Waals surface area contributed by atoms with E-state index in [0.29, 0.717) is 28.0 Å². The maximum Gasteiger partial charge on any atom is 0.122 e. The van der Waals surface area contributed by atoms with E-state index in [2.05, 4.69) is 5.32 Å². The van der Waals surface area contributed by atoms with Crippen molar-refractivity contribution in [3.63, 3.8) is 0 Å². The fourth-order valence-corrected chi connectivity index (χ4v) is 1.99. The molecule has 0 radical (unpaired) electrons. The lowest BCUT2D eigenvalue weighted by molar-refractivity contribution is 0.518. The molecule has 2 aromatic rings. The van der Waals surface area contributed by atoms with Crippen molar-refractivity contribution in [2.24, 2.45) is 0 Å². The van der Waals surface area contributed by atoms with Crippen LogP contribution in [0.4, 0.5) is 11.4 Å². The predicted octanol–water partition coefficient (Wildman–Crippen LogP) is 3.78. The summed E-state index contributed by atoms with van der Waals surface area (Å²) in [5, 5.41) is 4.09. The van der Waals surface area contributed by atoms with Gasteiger partial charge in [0, 0.05) is 5.69 Å². The Bertz CT molecular complexity index is 460. The van der Waals surface area contributed by atoms with E-state index in [1.54, 1.807) is 18.4 Å². The normalized spacial score (nSPS) is 10.4. The molecular formula is C11H10Cl2N2O. The van der Waals surface area contributed by atoms with E-state index in [4.69, 9.17) is 33.4 Å². The molecule has 0 bridgehead atoms. The standard InChI is InChI=1S/C11H10Cl2N2O/c12-9-4-7(14)5-10(13)11(9)15-6-8-2-1-3-16-8/h1-5,15H,6,14H2. The van der Waals surface area contributed by atoms with Gasteiger partial charge in [0.1, 0.15) is 5.76 Å². The van der Waals surface area contributed by atoms with Crippen LogP contribution in [0.25, 0.3) is 0 Å². The van der Waals surface area contributed by atoms with Crippen molar-refractivity contribution in [1.29, 1.82) is 0 Å². The van der Waals surface area contributed by atoms with Gasteiger partial charge in [-0.25, -0.2) is 0 Å². The topological polar surface area (TPSA) is 51.2 Å². The number of halogens is 2. The van der Waals surface area contributed by atoms with Gasteiger partial charge in [0.25, 0.3) is 0 Å². The average molecular weight is 257 g/mol. The Labute approximate surface area is 103 Å². The zero-order chi connectivity index (χ0) is 11.5. The number of nitrogens with two attached hydrogens (primary N) is 1. The van der Waals surface area contributed by atoms with Crippen LogP contribution in [0.2, 0.25) is 10.0 Å². The molecule has 1 heterocycles. The summed E-state index contributed by atoms with van der Waals surface area (Å²) in [4.78, 5) is 0. The lowest BCUT2D eigenvalue weighted by Gasteiger charge is -2.09. The first-order valence-corrected chi connectivity index (χ1v) is 5.43. The number of hydrogen-bond acceptors (Lipinski definition) is 3. The predicted molar refractivity (Wildman–Crippen MR) is 66.9 cm³/mol. The van der Waals surface area contributed by atoms with E-state index >= 15 is 0 Å². The van der Waals surface area contributed by atoms with Crippen molar-refractivity contribution in [3.05, 3.63) is 46.3 Å². The molecule has 1 aromatic heterocycles. The summed E-state index contributed by atoms with van der Waals surface area (Å²) in [6.07, 6.45) is 1.61. The Morgan fingerprint density at radius 1 is 1.25 bits per heavy atom. The highest BCUT2D eigenvalue weighted by molar-refractivity contribution is 6.39. The summed E-state index contributed by atoms with van der Waals surface area (Å²) in [7, 11) is 0. The monoisotopic (exact) mass is 256 g/mol. The SMILES string of the molecule is Nc1cc(Cl)c(NCc2ccco2)c(Cl)c1. The summed E-state index contributed by atoms with van der Waals surface area (Å²) < 4.78 is 5.19. The molecular weight excluding hydrogens is 247 g/mol. The molecule has 1 aromatic carbocycles. The van der Waals surface area contributed by atoms with Crippen LogP contribution >= 0.6 is 23.2 Å². The van der Waals surface area contributed by atoms with Crippen molar-refractivity contribution in [2.45, 2.75) is 6.54 Å². The lowest BCUT2D eigenvalue weighted by atomic mass is 10.2. The third-order valence-corrected chi connectivity index (χ3v) is 2.68. The van der Waals surface area contributed by atoms with E-state index in [9.17, 15) is 0 Å². The number of anilines is 2. The minimum absolute atomic E-state index is 0.497. The third-order valence-electron chi connectivity index (χ3n) is 2.08.